The lowest BCUT2D eigenvalue weighted by Gasteiger charge is -2.33. The molecular weight excluding hydrogens is 248 g/mol. The number of nitrogens with one attached hydrogen (secondary N) is 1. The van der Waals surface area contributed by atoms with E-state index in [2.05, 4.69) is 17.3 Å². The highest BCUT2D eigenvalue weighted by Crippen LogP contribution is 2.29. The van der Waals surface area contributed by atoms with Crippen LogP contribution in [0, 0.1) is 5.41 Å². The van der Waals surface area contributed by atoms with Crippen molar-refractivity contribution in [2.24, 2.45) is 19.5 Å². The molecule has 1 aliphatic heterocycles. The minimum Gasteiger partial charge on any atom is -0.381 e. The number of anilines is 1. The monoisotopic (exact) mass is 268 g/mol. The van der Waals surface area contributed by atoms with Crippen LogP contribution in [0.1, 0.15) is 19.8 Å². The molecule has 0 unspecified atom stereocenters. The molecular formula is C12H20N4O3. The van der Waals surface area contributed by atoms with E-state index in [0.717, 1.165) is 35.3 Å². The van der Waals surface area contributed by atoms with Crippen molar-refractivity contribution in [3.8, 4) is 0 Å². The Morgan fingerprint density at radius 2 is 1.95 bits per heavy atom. The zero-order valence-corrected chi connectivity index (χ0v) is 11.6. The Bertz CT molecular complexity index is 569. The van der Waals surface area contributed by atoms with E-state index < -0.39 is 11.2 Å². The standard InChI is InChI=1S/C12H20N4O3/c1-12(4-6-19-7-5-12)8-13-9-10(17)15(2)11(18)16(3)14-9/h4-8H2,1-3H3,(H,13,14). The van der Waals surface area contributed by atoms with Crippen LogP contribution in [0.15, 0.2) is 9.59 Å². The van der Waals surface area contributed by atoms with Crippen LogP contribution in [0.3, 0.4) is 0 Å². The van der Waals surface area contributed by atoms with Gasteiger partial charge in [-0.2, -0.15) is 0 Å². The number of hydrogen-bond acceptors (Lipinski definition) is 5. The lowest BCUT2D eigenvalue weighted by molar-refractivity contribution is 0.0299. The summed E-state index contributed by atoms with van der Waals surface area (Å²) in [6.07, 6.45) is 1.90. The smallest absolute Gasteiger partial charge is 0.346 e. The Morgan fingerprint density at radius 1 is 1.32 bits per heavy atom. The second-order valence-corrected chi connectivity index (χ2v) is 5.40. The predicted molar refractivity (Wildman–Crippen MR) is 71.4 cm³/mol. The molecule has 2 heterocycles. The van der Waals surface area contributed by atoms with Crippen molar-refractivity contribution in [3.05, 3.63) is 20.8 Å². The Labute approximate surface area is 111 Å². The molecule has 0 radical (unpaired) electrons. The van der Waals surface area contributed by atoms with Crippen molar-refractivity contribution >= 4 is 5.82 Å². The van der Waals surface area contributed by atoms with Gasteiger partial charge < -0.3 is 10.1 Å². The van der Waals surface area contributed by atoms with Gasteiger partial charge in [-0.3, -0.25) is 9.36 Å². The molecule has 0 aromatic carbocycles. The number of hydrogen-bond donors (Lipinski definition) is 1. The van der Waals surface area contributed by atoms with Gasteiger partial charge in [-0.1, -0.05) is 6.92 Å². The summed E-state index contributed by atoms with van der Waals surface area (Å²) in [6.45, 7) is 4.31. The fourth-order valence-corrected chi connectivity index (χ4v) is 2.15. The number of nitrogens with zero attached hydrogens (tertiary/aromatic N) is 3. The summed E-state index contributed by atoms with van der Waals surface area (Å²) in [5.41, 5.74) is -0.716. The highest BCUT2D eigenvalue weighted by Gasteiger charge is 2.27. The topological polar surface area (TPSA) is 78.2 Å². The SMILES string of the molecule is Cn1nc(NCC2(C)CCOCC2)c(=O)n(C)c1=O. The molecule has 0 spiro atoms. The molecule has 7 heteroatoms. The summed E-state index contributed by atoms with van der Waals surface area (Å²) in [4.78, 5) is 23.4. The van der Waals surface area contributed by atoms with Crippen LogP contribution in [0.25, 0.3) is 0 Å². The molecule has 2 rings (SSSR count). The molecule has 0 atom stereocenters. The second kappa shape index (κ2) is 5.16. The van der Waals surface area contributed by atoms with Gasteiger partial charge in [0.25, 0.3) is 5.56 Å². The first kappa shape index (κ1) is 13.8. The highest BCUT2D eigenvalue weighted by atomic mass is 16.5. The fraction of sp³-hybridized carbons (Fsp3) is 0.750. The molecule has 0 aliphatic carbocycles. The summed E-state index contributed by atoms with van der Waals surface area (Å²) in [7, 11) is 2.98. The Kier molecular flexibility index (Phi) is 3.75. The van der Waals surface area contributed by atoms with Gasteiger partial charge in [0.1, 0.15) is 0 Å². The molecule has 19 heavy (non-hydrogen) atoms. The molecule has 7 nitrogen and oxygen atoms in total. The number of rotatable bonds is 3. The number of aryl methyl sites for hydroxylation is 1. The van der Waals surface area contributed by atoms with Crippen molar-refractivity contribution in [1.82, 2.24) is 14.3 Å². The summed E-state index contributed by atoms with van der Waals surface area (Å²) in [6, 6.07) is 0. The molecule has 1 aromatic heterocycles. The Balaban J connectivity index is 2.16. The number of aromatic nitrogens is 3. The fourth-order valence-electron chi connectivity index (χ4n) is 2.15. The lowest BCUT2D eigenvalue weighted by Crippen LogP contribution is -2.41. The third-order valence-electron chi connectivity index (χ3n) is 3.70. The predicted octanol–water partition coefficient (Wildman–Crippen LogP) is -0.292. The molecule has 1 aromatic rings. The maximum atomic E-state index is 11.9. The van der Waals surface area contributed by atoms with Crippen LogP contribution >= 0.6 is 0 Å². The van der Waals surface area contributed by atoms with Gasteiger partial charge in [0.15, 0.2) is 0 Å². The van der Waals surface area contributed by atoms with Crippen LogP contribution in [-0.4, -0.2) is 34.1 Å². The first-order chi connectivity index (χ1) is 8.93. The third kappa shape index (κ3) is 2.86. The zero-order chi connectivity index (χ0) is 14.0. The van der Waals surface area contributed by atoms with E-state index in [1.807, 2.05) is 0 Å². The van der Waals surface area contributed by atoms with Gasteiger partial charge >= 0.3 is 5.69 Å². The van der Waals surface area contributed by atoms with Gasteiger partial charge in [-0.15, -0.1) is 5.10 Å². The Hall–Kier alpha value is -1.63. The summed E-state index contributed by atoms with van der Waals surface area (Å²) >= 11 is 0. The molecule has 106 valence electrons. The van der Waals surface area contributed by atoms with E-state index in [9.17, 15) is 9.59 Å². The van der Waals surface area contributed by atoms with E-state index in [1.165, 1.54) is 14.1 Å². The molecule has 1 N–H and O–H groups in total. The van der Waals surface area contributed by atoms with Crippen LogP contribution in [0.4, 0.5) is 5.82 Å². The molecule has 1 aliphatic rings. The third-order valence-corrected chi connectivity index (χ3v) is 3.70. The Morgan fingerprint density at radius 3 is 2.58 bits per heavy atom. The second-order valence-electron chi connectivity index (χ2n) is 5.40. The lowest BCUT2D eigenvalue weighted by atomic mass is 9.82. The van der Waals surface area contributed by atoms with Crippen molar-refractivity contribution in [2.45, 2.75) is 19.8 Å². The van der Waals surface area contributed by atoms with E-state index >= 15 is 0 Å². The zero-order valence-electron chi connectivity index (χ0n) is 11.6. The molecule has 1 saturated heterocycles. The van der Waals surface area contributed by atoms with Crippen molar-refractivity contribution in [1.29, 1.82) is 0 Å². The quantitative estimate of drug-likeness (QED) is 0.815. The number of ether oxygens (including phenoxy) is 1. The van der Waals surface area contributed by atoms with Gasteiger partial charge in [0, 0.05) is 33.9 Å². The van der Waals surface area contributed by atoms with Crippen molar-refractivity contribution < 1.29 is 4.74 Å². The molecule has 0 amide bonds. The van der Waals surface area contributed by atoms with Gasteiger partial charge in [-0.25, -0.2) is 9.48 Å². The minimum atomic E-state index is -0.423. The normalized spacial score (nSPS) is 18.3. The first-order valence-corrected chi connectivity index (χ1v) is 6.39. The maximum Gasteiger partial charge on any atom is 0.346 e. The van der Waals surface area contributed by atoms with Crippen LogP contribution < -0.4 is 16.6 Å². The largest absolute Gasteiger partial charge is 0.381 e. The molecule has 0 saturated carbocycles. The average molecular weight is 268 g/mol. The molecule has 0 bridgehead atoms. The molecule has 1 fully saturated rings. The summed E-state index contributed by atoms with van der Waals surface area (Å²) < 4.78 is 7.56. The average Bonchev–Trinajstić information content (AvgIpc) is 2.40. The van der Waals surface area contributed by atoms with Crippen molar-refractivity contribution in [2.75, 3.05) is 25.1 Å². The van der Waals surface area contributed by atoms with Gasteiger partial charge in [0.2, 0.25) is 5.82 Å². The van der Waals surface area contributed by atoms with Gasteiger partial charge in [0.05, 0.1) is 0 Å². The van der Waals surface area contributed by atoms with Crippen LogP contribution in [0.2, 0.25) is 0 Å². The summed E-state index contributed by atoms with van der Waals surface area (Å²) in [5, 5.41) is 7.05. The van der Waals surface area contributed by atoms with Crippen molar-refractivity contribution in [3.63, 3.8) is 0 Å². The highest BCUT2D eigenvalue weighted by molar-refractivity contribution is 5.29. The van der Waals surface area contributed by atoms with Crippen LogP contribution in [0.5, 0.6) is 0 Å². The van der Waals surface area contributed by atoms with E-state index in [1.54, 1.807) is 0 Å². The summed E-state index contributed by atoms with van der Waals surface area (Å²) in [5.74, 6) is 0.220. The van der Waals surface area contributed by atoms with E-state index in [-0.39, 0.29) is 11.2 Å². The van der Waals surface area contributed by atoms with Gasteiger partial charge in [-0.05, 0) is 18.3 Å². The van der Waals surface area contributed by atoms with E-state index in [4.69, 9.17) is 4.74 Å². The maximum absolute atomic E-state index is 11.9. The first-order valence-electron chi connectivity index (χ1n) is 6.39. The minimum absolute atomic E-state index is 0.0969. The van der Waals surface area contributed by atoms with E-state index in [0.29, 0.717) is 6.54 Å². The van der Waals surface area contributed by atoms with Crippen LogP contribution in [-0.2, 0) is 18.8 Å².